The lowest BCUT2D eigenvalue weighted by Gasteiger charge is -2.38. The number of benzene rings is 2. The predicted molar refractivity (Wildman–Crippen MR) is 142 cm³/mol. The Morgan fingerprint density at radius 1 is 1.08 bits per heavy atom. The molecule has 9 nitrogen and oxygen atoms in total. The molecule has 5 rings (SSSR count). The van der Waals surface area contributed by atoms with Crippen LogP contribution in [-0.4, -0.2) is 64.2 Å². The molecular formula is C29H32N4O5. The van der Waals surface area contributed by atoms with Crippen LogP contribution in [-0.2, 0) is 16.1 Å². The van der Waals surface area contributed by atoms with E-state index in [4.69, 9.17) is 14.6 Å². The molecule has 3 heterocycles. The summed E-state index contributed by atoms with van der Waals surface area (Å²) in [6, 6.07) is 21.3. The fraction of sp³-hybridized carbons (Fsp3) is 0.345. The Bertz CT molecular complexity index is 1260. The molecule has 0 radical (unpaired) electrons. The van der Waals surface area contributed by atoms with Crippen molar-refractivity contribution >= 4 is 17.7 Å². The molecule has 3 aromatic rings. The number of piperidine rings is 1. The Hall–Kier alpha value is -4.11. The van der Waals surface area contributed by atoms with Crippen molar-refractivity contribution in [1.82, 2.24) is 14.8 Å². The number of hydrogen-bond acceptors (Lipinski definition) is 7. The van der Waals surface area contributed by atoms with Gasteiger partial charge in [0.05, 0.1) is 6.04 Å². The molecule has 2 N–H and O–H groups in total. The number of aryl methyl sites for hydroxylation is 1. The number of aromatic nitrogens is 1. The van der Waals surface area contributed by atoms with Gasteiger partial charge in [-0.3, -0.25) is 14.6 Å². The van der Waals surface area contributed by atoms with E-state index in [0.717, 1.165) is 49.3 Å². The van der Waals surface area contributed by atoms with Gasteiger partial charge >= 0.3 is 12.1 Å². The van der Waals surface area contributed by atoms with Gasteiger partial charge < -0.3 is 19.9 Å². The maximum atomic E-state index is 12.6. The Balaban J connectivity index is 1.14. The monoisotopic (exact) mass is 516 g/mol. The van der Waals surface area contributed by atoms with Gasteiger partial charge in [0, 0.05) is 43.1 Å². The number of carboxylic acid groups (broad SMARTS) is 1. The van der Waals surface area contributed by atoms with Crippen LogP contribution in [0.4, 0.5) is 10.5 Å². The number of aliphatic carboxylic acids is 1. The first kappa shape index (κ1) is 25.5. The maximum Gasteiger partial charge on any atom is 0.410 e. The van der Waals surface area contributed by atoms with Crippen molar-refractivity contribution in [3.05, 3.63) is 83.6 Å². The minimum absolute atomic E-state index is 0.0172. The van der Waals surface area contributed by atoms with Crippen molar-refractivity contribution < 1.29 is 24.2 Å². The fourth-order valence-corrected chi connectivity index (χ4v) is 5.09. The quantitative estimate of drug-likeness (QED) is 0.417. The minimum atomic E-state index is -0.914. The molecule has 2 aromatic carbocycles. The van der Waals surface area contributed by atoms with E-state index in [0.29, 0.717) is 23.9 Å². The third-order valence-corrected chi connectivity index (χ3v) is 7.13. The van der Waals surface area contributed by atoms with Crippen LogP contribution in [0.3, 0.4) is 0 Å². The lowest BCUT2D eigenvalue weighted by Crippen LogP contribution is -2.46. The van der Waals surface area contributed by atoms with E-state index >= 15 is 0 Å². The summed E-state index contributed by atoms with van der Waals surface area (Å²) >= 11 is 0. The molecule has 0 unspecified atom stereocenters. The zero-order valence-corrected chi connectivity index (χ0v) is 21.4. The van der Waals surface area contributed by atoms with Gasteiger partial charge in [-0.25, -0.2) is 9.78 Å². The number of amides is 1. The minimum Gasteiger partial charge on any atom is -0.480 e. The molecule has 198 valence electrons. The van der Waals surface area contributed by atoms with Gasteiger partial charge in [-0.05, 0) is 55.2 Å². The highest BCUT2D eigenvalue weighted by molar-refractivity contribution is 5.72. The van der Waals surface area contributed by atoms with Crippen molar-refractivity contribution in [3.63, 3.8) is 0 Å². The standard InChI is InChI=1S/C29H32N4O5/c1-20-22(7-12-27(31-20)38-25-10-8-23(9-11-25)30-17-28(34)35)18-32-15-13-24(14-16-32)33-26(19-37-29(33)36)21-5-3-2-4-6-21/h2-12,24,26,30H,13-19H2,1H3,(H,34,35)/t26-/m0/s1. The number of likely N-dealkylation sites (tertiary alicyclic amines) is 1. The van der Waals surface area contributed by atoms with Crippen molar-refractivity contribution in [2.24, 2.45) is 0 Å². The number of anilines is 1. The number of pyridine rings is 1. The van der Waals surface area contributed by atoms with E-state index in [1.807, 2.05) is 36.1 Å². The zero-order chi connectivity index (χ0) is 26.5. The van der Waals surface area contributed by atoms with E-state index < -0.39 is 5.97 Å². The smallest absolute Gasteiger partial charge is 0.410 e. The summed E-state index contributed by atoms with van der Waals surface area (Å²) in [6.07, 6.45) is 1.60. The average Bonchev–Trinajstić information content (AvgIpc) is 3.32. The highest BCUT2D eigenvalue weighted by atomic mass is 16.6. The Labute approximate surface area is 222 Å². The fourth-order valence-electron chi connectivity index (χ4n) is 5.09. The van der Waals surface area contributed by atoms with Crippen LogP contribution in [0.25, 0.3) is 0 Å². The first-order valence-corrected chi connectivity index (χ1v) is 12.9. The van der Waals surface area contributed by atoms with Crippen LogP contribution >= 0.6 is 0 Å². The summed E-state index contributed by atoms with van der Waals surface area (Å²) in [5.41, 5.74) is 3.89. The molecular weight excluding hydrogens is 484 g/mol. The molecule has 0 saturated carbocycles. The van der Waals surface area contributed by atoms with Crippen LogP contribution in [0, 0.1) is 6.92 Å². The SMILES string of the molecule is Cc1nc(Oc2ccc(NCC(=O)O)cc2)ccc1CN1CCC(N2C(=O)OC[C@H]2c2ccccc2)CC1. The lowest BCUT2D eigenvalue weighted by atomic mass is 9.98. The second kappa shape index (κ2) is 11.5. The van der Waals surface area contributed by atoms with E-state index in [-0.39, 0.29) is 24.7 Å². The molecule has 9 heteroatoms. The average molecular weight is 517 g/mol. The number of nitrogens with one attached hydrogen (secondary N) is 1. The third-order valence-electron chi connectivity index (χ3n) is 7.13. The van der Waals surface area contributed by atoms with Gasteiger partial charge in [0.25, 0.3) is 0 Å². The summed E-state index contributed by atoms with van der Waals surface area (Å²) in [5, 5.41) is 11.6. The molecule has 2 aliphatic rings. The number of nitrogens with zero attached hydrogens (tertiary/aromatic N) is 3. The van der Waals surface area contributed by atoms with Crippen LogP contribution in [0.2, 0.25) is 0 Å². The van der Waals surface area contributed by atoms with Gasteiger partial charge in [0.2, 0.25) is 5.88 Å². The molecule has 0 aliphatic carbocycles. The van der Waals surface area contributed by atoms with E-state index in [1.165, 1.54) is 0 Å². The summed E-state index contributed by atoms with van der Waals surface area (Å²) in [4.78, 5) is 32.2. The van der Waals surface area contributed by atoms with Crippen molar-refractivity contribution in [2.75, 3.05) is 31.6 Å². The lowest BCUT2D eigenvalue weighted by molar-refractivity contribution is -0.134. The molecule has 38 heavy (non-hydrogen) atoms. The van der Waals surface area contributed by atoms with Crippen LogP contribution < -0.4 is 10.1 Å². The van der Waals surface area contributed by atoms with Gasteiger partial charge in [0.1, 0.15) is 18.9 Å². The Kier molecular flexibility index (Phi) is 7.74. The van der Waals surface area contributed by atoms with Crippen molar-refractivity contribution in [1.29, 1.82) is 0 Å². The van der Waals surface area contributed by atoms with Gasteiger partial charge in [-0.1, -0.05) is 36.4 Å². The Morgan fingerprint density at radius 3 is 2.50 bits per heavy atom. The second-order valence-corrected chi connectivity index (χ2v) is 9.69. The third kappa shape index (κ3) is 6.06. The number of carboxylic acids is 1. The summed E-state index contributed by atoms with van der Waals surface area (Å²) in [5.74, 6) is 0.222. The molecule has 2 fully saturated rings. The zero-order valence-electron chi connectivity index (χ0n) is 21.4. The molecule has 1 aromatic heterocycles. The molecule has 2 saturated heterocycles. The van der Waals surface area contributed by atoms with Gasteiger partial charge in [-0.15, -0.1) is 0 Å². The largest absolute Gasteiger partial charge is 0.480 e. The Morgan fingerprint density at radius 2 is 1.82 bits per heavy atom. The first-order chi connectivity index (χ1) is 18.5. The highest BCUT2D eigenvalue weighted by Gasteiger charge is 2.40. The van der Waals surface area contributed by atoms with Crippen molar-refractivity contribution in [2.45, 2.75) is 38.4 Å². The number of hydrogen-bond donors (Lipinski definition) is 2. The van der Waals surface area contributed by atoms with E-state index in [9.17, 15) is 9.59 Å². The number of carbonyl (C=O) groups excluding carboxylic acids is 1. The number of rotatable bonds is 9. The number of carbonyl (C=O) groups is 2. The van der Waals surface area contributed by atoms with Crippen LogP contribution in [0.1, 0.15) is 35.7 Å². The summed E-state index contributed by atoms with van der Waals surface area (Å²) < 4.78 is 11.3. The van der Waals surface area contributed by atoms with E-state index in [2.05, 4.69) is 33.4 Å². The number of cyclic esters (lactones) is 1. The van der Waals surface area contributed by atoms with E-state index in [1.54, 1.807) is 24.3 Å². The first-order valence-electron chi connectivity index (χ1n) is 12.9. The summed E-state index contributed by atoms with van der Waals surface area (Å²) in [6.45, 7) is 4.85. The van der Waals surface area contributed by atoms with Crippen LogP contribution in [0.5, 0.6) is 11.6 Å². The maximum absolute atomic E-state index is 12.6. The van der Waals surface area contributed by atoms with Crippen molar-refractivity contribution in [3.8, 4) is 11.6 Å². The van der Waals surface area contributed by atoms with Crippen LogP contribution in [0.15, 0.2) is 66.7 Å². The molecule has 1 atom stereocenters. The predicted octanol–water partition coefficient (Wildman–Crippen LogP) is 4.84. The molecule has 0 spiro atoms. The highest BCUT2D eigenvalue weighted by Crippen LogP contribution is 2.33. The normalized spacial score (nSPS) is 18.3. The van der Waals surface area contributed by atoms with Gasteiger partial charge in [0.15, 0.2) is 0 Å². The second-order valence-electron chi connectivity index (χ2n) is 9.69. The molecule has 2 aliphatic heterocycles. The molecule has 1 amide bonds. The molecule has 0 bridgehead atoms. The summed E-state index contributed by atoms with van der Waals surface area (Å²) in [7, 11) is 0. The van der Waals surface area contributed by atoms with Gasteiger partial charge in [-0.2, -0.15) is 0 Å². The number of ether oxygens (including phenoxy) is 2. The topological polar surface area (TPSA) is 104 Å².